The lowest BCUT2D eigenvalue weighted by molar-refractivity contribution is -0.147. The van der Waals surface area contributed by atoms with Gasteiger partial charge >= 0.3 is 5.97 Å². The standard InChI is InChI=1S/C16H28O3/c1-13-8-4-5-9-14(13)12-19-11-7-6-10-16(2,3)15(17)18/h4-5,13-14H,6-12H2,1-3H3,(H,17,18). The number of carboxylic acids is 1. The van der Waals surface area contributed by atoms with Crippen LogP contribution in [0.2, 0.25) is 0 Å². The van der Waals surface area contributed by atoms with Crippen LogP contribution in [0, 0.1) is 17.3 Å². The van der Waals surface area contributed by atoms with Gasteiger partial charge in [0.1, 0.15) is 0 Å². The fraction of sp³-hybridized carbons (Fsp3) is 0.812. The van der Waals surface area contributed by atoms with Crippen LogP contribution in [0.5, 0.6) is 0 Å². The Hall–Kier alpha value is -0.830. The summed E-state index contributed by atoms with van der Waals surface area (Å²) in [5, 5.41) is 9.01. The Morgan fingerprint density at radius 1 is 1.32 bits per heavy atom. The second kappa shape index (κ2) is 7.68. The minimum atomic E-state index is -0.712. The van der Waals surface area contributed by atoms with Crippen LogP contribution in [-0.2, 0) is 9.53 Å². The van der Waals surface area contributed by atoms with Crippen molar-refractivity contribution in [3.05, 3.63) is 12.2 Å². The summed E-state index contributed by atoms with van der Waals surface area (Å²) >= 11 is 0. The number of carbonyl (C=O) groups is 1. The third kappa shape index (κ3) is 5.77. The van der Waals surface area contributed by atoms with Gasteiger partial charge in [0.2, 0.25) is 0 Å². The first kappa shape index (κ1) is 16.2. The zero-order chi connectivity index (χ0) is 14.3. The molecule has 3 nitrogen and oxygen atoms in total. The van der Waals surface area contributed by atoms with Crippen molar-refractivity contribution in [2.45, 2.75) is 52.9 Å². The Balaban J connectivity index is 2.05. The van der Waals surface area contributed by atoms with Gasteiger partial charge in [-0.1, -0.05) is 25.5 Å². The maximum absolute atomic E-state index is 10.9. The fourth-order valence-electron chi connectivity index (χ4n) is 2.35. The first-order valence-electron chi connectivity index (χ1n) is 7.39. The lowest BCUT2D eigenvalue weighted by Crippen LogP contribution is -2.23. The summed E-state index contributed by atoms with van der Waals surface area (Å²) in [5.41, 5.74) is -0.608. The Bertz CT molecular complexity index is 307. The first-order valence-corrected chi connectivity index (χ1v) is 7.39. The summed E-state index contributed by atoms with van der Waals surface area (Å²) in [6.07, 6.45) is 9.40. The van der Waals surface area contributed by atoms with Gasteiger partial charge < -0.3 is 9.84 Å². The average Bonchev–Trinajstić information content (AvgIpc) is 2.35. The monoisotopic (exact) mass is 268 g/mol. The summed E-state index contributed by atoms with van der Waals surface area (Å²) in [7, 11) is 0. The summed E-state index contributed by atoms with van der Waals surface area (Å²) in [4.78, 5) is 10.9. The van der Waals surface area contributed by atoms with Crippen molar-refractivity contribution >= 4 is 5.97 Å². The van der Waals surface area contributed by atoms with Crippen LogP contribution in [0.4, 0.5) is 0 Å². The minimum absolute atomic E-state index is 0.608. The summed E-state index contributed by atoms with van der Waals surface area (Å²) in [6, 6.07) is 0. The van der Waals surface area contributed by atoms with Crippen molar-refractivity contribution in [1.29, 1.82) is 0 Å². The molecular formula is C16H28O3. The van der Waals surface area contributed by atoms with E-state index in [0.29, 0.717) is 12.3 Å². The minimum Gasteiger partial charge on any atom is -0.481 e. The van der Waals surface area contributed by atoms with Crippen LogP contribution >= 0.6 is 0 Å². The van der Waals surface area contributed by atoms with Crippen molar-refractivity contribution in [2.24, 2.45) is 17.3 Å². The third-order valence-corrected chi connectivity index (χ3v) is 4.17. The van der Waals surface area contributed by atoms with Crippen LogP contribution in [0.3, 0.4) is 0 Å². The molecule has 0 spiro atoms. The van der Waals surface area contributed by atoms with E-state index in [1.165, 1.54) is 6.42 Å². The highest BCUT2D eigenvalue weighted by Gasteiger charge is 2.26. The van der Waals surface area contributed by atoms with Crippen LogP contribution < -0.4 is 0 Å². The molecule has 0 amide bonds. The Morgan fingerprint density at radius 3 is 2.63 bits per heavy atom. The quantitative estimate of drug-likeness (QED) is 0.536. The van der Waals surface area contributed by atoms with Crippen LogP contribution in [0.25, 0.3) is 0 Å². The predicted molar refractivity (Wildman–Crippen MR) is 77.1 cm³/mol. The lowest BCUT2D eigenvalue weighted by atomic mass is 9.85. The van der Waals surface area contributed by atoms with Crippen LogP contribution in [-0.4, -0.2) is 24.3 Å². The topological polar surface area (TPSA) is 46.5 Å². The number of carboxylic acid groups (broad SMARTS) is 1. The van der Waals surface area contributed by atoms with E-state index in [0.717, 1.165) is 38.4 Å². The van der Waals surface area contributed by atoms with Gasteiger partial charge in [-0.2, -0.15) is 0 Å². The molecule has 0 fully saturated rings. The Kier molecular flexibility index (Phi) is 6.56. The molecule has 1 aliphatic carbocycles. The molecule has 1 aliphatic rings. The van der Waals surface area contributed by atoms with Gasteiger partial charge in [0, 0.05) is 13.2 Å². The van der Waals surface area contributed by atoms with Crippen LogP contribution in [0.1, 0.15) is 52.9 Å². The number of unbranched alkanes of at least 4 members (excludes halogenated alkanes) is 1. The highest BCUT2D eigenvalue weighted by Crippen LogP contribution is 2.25. The molecule has 0 bridgehead atoms. The largest absolute Gasteiger partial charge is 0.481 e. The van der Waals surface area contributed by atoms with E-state index in [-0.39, 0.29) is 0 Å². The van der Waals surface area contributed by atoms with E-state index < -0.39 is 11.4 Å². The van der Waals surface area contributed by atoms with Gasteiger partial charge in [0.05, 0.1) is 5.41 Å². The molecule has 0 heterocycles. The van der Waals surface area contributed by atoms with E-state index >= 15 is 0 Å². The average molecular weight is 268 g/mol. The van der Waals surface area contributed by atoms with E-state index in [1.54, 1.807) is 13.8 Å². The van der Waals surface area contributed by atoms with E-state index in [2.05, 4.69) is 19.1 Å². The molecule has 1 N–H and O–H groups in total. The fourth-order valence-corrected chi connectivity index (χ4v) is 2.35. The van der Waals surface area contributed by atoms with Crippen molar-refractivity contribution in [2.75, 3.05) is 13.2 Å². The molecule has 0 aliphatic heterocycles. The summed E-state index contributed by atoms with van der Waals surface area (Å²) in [5.74, 6) is 0.660. The molecule has 3 heteroatoms. The molecule has 0 saturated heterocycles. The van der Waals surface area contributed by atoms with E-state index in [9.17, 15) is 4.79 Å². The second-order valence-corrected chi connectivity index (χ2v) is 6.40. The molecule has 19 heavy (non-hydrogen) atoms. The number of aliphatic carboxylic acids is 1. The second-order valence-electron chi connectivity index (χ2n) is 6.40. The predicted octanol–water partition coefficient (Wildman–Crippen LogP) is 3.89. The SMILES string of the molecule is CC1CC=CCC1COCCCCC(C)(C)C(=O)O. The molecule has 2 atom stereocenters. The molecule has 0 radical (unpaired) electrons. The van der Waals surface area contributed by atoms with E-state index in [1.807, 2.05) is 0 Å². The van der Waals surface area contributed by atoms with Crippen molar-refractivity contribution < 1.29 is 14.6 Å². The highest BCUT2D eigenvalue weighted by molar-refractivity contribution is 5.73. The smallest absolute Gasteiger partial charge is 0.309 e. The number of hydrogen-bond donors (Lipinski definition) is 1. The van der Waals surface area contributed by atoms with Gasteiger partial charge in [0.25, 0.3) is 0 Å². The van der Waals surface area contributed by atoms with Crippen molar-refractivity contribution in [3.8, 4) is 0 Å². The number of rotatable bonds is 8. The van der Waals surface area contributed by atoms with Crippen molar-refractivity contribution in [3.63, 3.8) is 0 Å². The van der Waals surface area contributed by atoms with Gasteiger partial charge in [-0.3, -0.25) is 4.79 Å². The summed E-state index contributed by atoms with van der Waals surface area (Å²) < 4.78 is 5.74. The third-order valence-electron chi connectivity index (χ3n) is 4.17. The number of allylic oxidation sites excluding steroid dienone is 2. The number of ether oxygens (including phenoxy) is 1. The number of hydrogen-bond acceptors (Lipinski definition) is 2. The molecule has 0 aromatic rings. The Labute approximate surface area is 117 Å². The van der Waals surface area contributed by atoms with Gasteiger partial charge in [-0.05, 0) is 51.4 Å². The van der Waals surface area contributed by atoms with Crippen LogP contribution in [0.15, 0.2) is 12.2 Å². The van der Waals surface area contributed by atoms with Gasteiger partial charge in [0.15, 0.2) is 0 Å². The molecule has 1 rings (SSSR count). The lowest BCUT2D eigenvalue weighted by Gasteiger charge is -2.25. The zero-order valence-electron chi connectivity index (χ0n) is 12.5. The molecule has 0 saturated carbocycles. The molecule has 0 aromatic carbocycles. The maximum Gasteiger partial charge on any atom is 0.309 e. The molecule has 2 unspecified atom stereocenters. The normalized spacial score (nSPS) is 23.5. The highest BCUT2D eigenvalue weighted by atomic mass is 16.5. The molecule has 0 aromatic heterocycles. The van der Waals surface area contributed by atoms with Gasteiger partial charge in [-0.15, -0.1) is 0 Å². The molecular weight excluding hydrogens is 240 g/mol. The van der Waals surface area contributed by atoms with E-state index in [4.69, 9.17) is 9.84 Å². The Morgan fingerprint density at radius 2 is 2.00 bits per heavy atom. The first-order chi connectivity index (χ1) is 8.93. The summed E-state index contributed by atoms with van der Waals surface area (Å²) in [6.45, 7) is 7.45. The zero-order valence-corrected chi connectivity index (χ0v) is 12.5. The maximum atomic E-state index is 10.9. The van der Waals surface area contributed by atoms with Gasteiger partial charge in [-0.25, -0.2) is 0 Å². The molecule has 110 valence electrons. The van der Waals surface area contributed by atoms with Crippen molar-refractivity contribution in [1.82, 2.24) is 0 Å².